The van der Waals surface area contributed by atoms with Crippen molar-refractivity contribution in [2.24, 2.45) is 5.73 Å². The van der Waals surface area contributed by atoms with Crippen molar-refractivity contribution < 1.29 is 9.18 Å². The van der Waals surface area contributed by atoms with Gasteiger partial charge in [-0.25, -0.2) is 4.39 Å². The summed E-state index contributed by atoms with van der Waals surface area (Å²) >= 11 is 0. The van der Waals surface area contributed by atoms with Crippen molar-refractivity contribution in [3.05, 3.63) is 24.0 Å². The van der Waals surface area contributed by atoms with E-state index >= 15 is 0 Å². The molecule has 0 aromatic heterocycles. The monoisotopic (exact) mass is 295 g/mol. The van der Waals surface area contributed by atoms with Crippen molar-refractivity contribution in [2.45, 2.75) is 52.1 Å². The molecule has 0 aliphatic heterocycles. The molecule has 5 heteroatoms. The van der Waals surface area contributed by atoms with Crippen LogP contribution in [0, 0.1) is 5.82 Å². The first-order valence-electron chi connectivity index (χ1n) is 7.45. The number of amides is 1. The molecule has 1 unspecified atom stereocenters. The van der Waals surface area contributed by atoms with Gasteiger partial charge in [-0.3, -0.25) is 4.79 Å². The van der Waals surface area contributed by atoms with Gasteiger partial charge in [-0.15, -0.1) is 0 Å². The van der Waals surface area contributed by atoms with Crippen LogP contribution in [0.2, 0.25) is 0 Å². The van der Waals surface area contributed by atoms with Gasteiger partial charge in [0.15, 0.2) is 0 Å². The van der Waals surface area contributed by atoms with Crippen LogP contribution in [0.4, 0.5) is 15.8 Å². The van der Waals surface area contributed by atoms with Crippen LogP contribution in [-0.4, -0.2) is 25.0 Å². The Labute approximate surface area is 126 Å². The first kappa shape index (κ1) is 17.4. The summed E-state index contributed by atoms with van der Waals surface area (Å²) in [7, 11) is 1.84. The lowest BCUT2D eigenvalue weighted by Gasteiger charge is -2.24. The minimum Gasteiger partial charge on any atom is -0.370 e. The van der Waals surface area contributed by atoms with Gasteiger partial charge in [-0.1, -0.05) is 19.8 Å². The number of nitrogens with zero attached hydrogens (tertiary/aromatic N) is 1. The molecule has 1 rings (SSSR count). The average molecular weight is 295 g/mol. The fourth-order valence-electron chi connectivity index (χ4n) is 1.94. The topological polar surface area (TPSA) is 58.4 Å². The van der Waals surface area contributed by atoms with Crippen LogP contribution in [0.1, 0.15) is 40.0 Å². The molecule has 0 fully saturated rings. The molecule has 0 bridgehead atoms. The zero-order chi connectivity index (χ0) is 16.0. The summed E-state index contributed by atoms with van der Waals surface area (Å²) in [6.07, 6.45) is 2.53. The minimum atomic E-state index is -0.550. The normalized spacial score (nSPS) is 12.3. The molecule has 21 heavy (non-hydrogen) atoms. The maximum absolute atomic E-state index is 14.1. The Balaban J connectivity index is 2.74. The molecule has 1 atom stereocenters. The van der Waals surface area contributed by atoms with E-state index < -0.39 is 6.04 Å². The molecule has 1 aromatic rings. The van der Waals surface area contributed by atoms with Crippen molar-refractivity contribution in [3.8, 4) is 0 Å². The zero-order valence-corrected chi connectivity index (χ0v) is 13.3. The molecule has 118 valence electrons. The Kier molecular flexibility index (Phi) is 6.62. The van der Waals surface area contributed by atoms with Gasteiger partial charge in [0.2, 0.25) is 5.91 Å². The fraction of sp³-hybridized carbons (Fsp3) is 0.562. The highest BCUT2D eigenvalue weighted by Gasteiger charge is 2.15. The smallest absolute Gasteiger partial charge is 0.241 e. The van der Waals surface area contributed by atoms with Crippen molar-refractivity contribution in [3.63, 3.8) is 0 Å². The summed E-state index contributed by atoms with van der Waals surface area (Å²) in [5, 5.41) is 2.66. The number of rotatable bonds is 7. The van der Waals surface area contributed by atoms with E-state index in [1.54, 1.807) is 12.1 Å². The van der Waals surface area contributed by atoms with Crippen LogP contribution in [-0.2, 0) is 4.79 Å². The van der Waals surface area contributed by atoms with Crippen LogP contribution in [0.25, 0.3) is 0 Å². The largest absolute Gasteiger partial charge is 0.370 e. The third-order valence-corrected chi connectivity index (χ3v) is 3.58. The second kappa shape index (κ2) is 7.98. The third-order valence-electron chi connectivity index (χ3n) is 3.58. The molecule has 4 nitrogen and oxygen atoms in total. The zero-order valence-electron chi connectivity index (χ0n) is 13.3. The van der Waals surface area contributed by atoms with Crippen molar-refractivity contribution >= 4 is 17.3 Å². The number of carbonyl (C=O) groups excluding carboxylic acids is 1. The molecule has 0 heterocycles. The molecule has 0 saturated heterocycles. The van der Waals surface area contributed by atoms with Gasteiger partial charge >= 0.3 is 0 Å². The standard InChI is InChI=1S/C16H26FN3O/c1-5-6-7-14(18)16(21)19-12-8-9-15(13(17)10-12)20(4)11(2)3/h8-11,14H,5-7,18H2,1-4H3,(H,19,21). The lowest BCUT2D eigenvalue weighted by atomic mass is 10.1. The Hall–Kier alpha value is -1.62. The molecule has 0 saturated carbocycles. The van der Waals surface area contributed by atoms with Gasteiger partial charge in [-0.05, 0) is 38.5 Å². The quantitative estimate of drug-likeness (QED) is 0.812. The Morgan fingerprint density at radius 3 is 2.62 bits per heavy atom. The summed E-state index contributed by atoms with van der Waals surface area (Å²) in [6.45, 7) is 6.02. The predicted molar refractivity (Wildman–Crippen MR) is 86.1 cm³/mol. The van der Waals surface area contributed by atoms with E-state index in [-0.39, 0.29) is 17.8 Å². The number of unbranched alkanes of at least 4 members (excludes halogenated alkanes) is 1. The number of hydrogen-bond donors (Lipinski definition) is 2. The lowest BCUT2D eigenvalue weighted by Crippen LogP contribution is -2.35. The predicted octanol–water partition coefficient (Wildman–Crippen LogP) is 3.13. The summed E-state index contributed by atoms with van der Waals surface area (Å²) in [4.78, 5) is 13.7. The Bertz CT molecular complexity index is 477. The van der Waals surface area contributed by atoms with Crippen LogP contribution in [0.5, 0.6) is 0 Å². The molecular weight excluding hydrogens is 269 g/mol. The number of carbonyl (C=O) groups is 1. The van der Waals surface area contributed by atoms with E-state index in [0.29, 0.717) is 17.8 Å². The van der Waals surface area contributed by atoms with Gasteiger partial charge in [0, 0.05) is 18.8 Å². The first-order chi connectivity index (χ1) is 9.86. The molecule has 0 radical (unpaired) electrons. The second-order valence-corrected chi connectivity index (χ2v) is 5.61. The number of halogens is 1. The van der Waals surface area contributed by atoms with E-state index in [1.165, 1.54) is 6.07 Å². The molecule has 0 spiro atoms. The number of hydrogen-bond acceptors (Lipinski definition) is 3. The van der Waals surface area contributed by atoms with E-state index in [9.17, 15) is 9.18 Å². The molecule has 3 N–H and O–H groups in total. The Morgan fingerprint density at radius 2 is 2.10 bits per heavy atom. The summed E-state index contributed by atoms with van der Waals surface area (Å²) in [6, 6.07) is 4.34. The average Bonchev–Trinajstić information content (AvgIpc) is 2.44. The van der Waals surface area contributed by atoms with Crippen LogP contribution in [0.3, 0.4) is 0 Å². The van der Waals surface area contributed by atoms with Crippen LogP contribution >= 0.6 is 0 Å². The molecule has 1 amide bonds. The van der Waals surface area contributed by atoms with E-state index in [0.717, 1.165) is 12.8 Å². The van der Waals surface area contributed by atoms with Gasteiger partial charge < -0.3 is 16.0 Å². The molecular formula is C16H26FN3O. The first-order valence-corrected chi connectivity index (χ1v) is 7.45. The van der Waals surface area contributed by atoms with Crippen LogP contribution in [0.15, 0.2) is 18.2 Å². The molecule has 0 aliphatic carbocycles. The summed E-state index contributed by atoms with van der Waals surface area (Å²) in [5.41, 5.74) is 6.74. The van der Waals surface area contributed by atoms with Gasteiger partial charge in [-0.2, -0.15) is 0 Å². The third kappa shape index (κ3) is 5.01. The number of benzene rings is 1. The highest BCUT2D eigenvalue weighted by Crippen LogP contribution is 2.23. The molecule has 1 aromatic carbocycles. The minimum absolute atomic E-state index is 0.197. The second-order valence-electron chi connectivity index (χ2n) is 5.61. The van der Waals surface area contributed by atoms with Crippen molar-refractivity contribution in [1.82, 2.24) is 0 Å². The van der Waals surface area contributed by atoms with E-state index in [2.05, 4.69) is 5.32 Å². The number of nitrogens with one attached hydrogen (secondary N) is 1. The van der Waals surface area contributed by atoms with Crippen LogP contribution < -0.4 is 16.0 Å². The Morgan fingerprint density at radius 1 is 1.43 bits per heavy atom. The van der Waals surface area contributed by atoms with Gasteiger partial charge in [0.05, 0.1) is 11.7 Å². The van der Waals surface area contributed by atoms with Crippen molar-refractivity contribution in [1.29, 1.82) is 0 Å². The van der Waals surface area contributed by atoms with Gasteiger partial charge in [0.25, 0.3) is 0 Å². The van der Waals surface area contributed by atoms with E-state index in [4.69, 9.17) is 5.73 Å². The maximum Gasteiger partial charge on any atom is 0.241 e. The van der Waals surface area contributed by atoms with Gasteiger partial charge in [0.1, 0.15) is 5.82 Å². The SMILES string of the molecule is CCCCC(N)C(=O)Nc1ccc(N(C)C(C)C)c(F)c1. The summed E-state index contributed by atoms with van der Waals surface area (Å²) in [5.74, 6) is -0.626. The van der Waals surface area contributed by atoms with Crippen molar-refractivity contribution in [2.75, 3.05) is 17.3 Å². The number of nitrogens with two attached hydrogens (primary N) is 1. The highest BCUT2D eigenvalue weighted by molar-refractivity contribution is 5.94. The maximum atomic E-state index is 14.1. The number of anilines is 2. The lowest BCUT2D eigenvalue weighted by molar-refractivity contribution is -0.117. The fourth-order valence-corrected chi connectivity index (χ4v) is 1.94. The van der Waals surface area contributed by atoms with E-state index in [1.807, 2.05) is 32.7 Å². The highest BCUT2D eigenvalue weighted by atomic mass is 19.1. The molecule has 0 aliphatic rings. The summed E-state index contributed by atoms with van der Waals surface area (Å²) < 4.78 is 14.1.